The molecular weight excluding hydrogens is 274 g/mol. The van der Waals surface area contributed by atoms with Crippen LogP contribution >= 0.6 is 11.6 Å². The van der Waals surface area contributed by atoms with Gasteiger partial charge in [-0.1, -0.05) is 35.9 Å². The summed E-state index contributed by atoms with van der Waals surface area (Å²) < 4.78 is 28.9. The zero-order valence-electron chi connectivity index (χ0n) is 9.65. The van der Waals surface area contributed by atoms with Crippen molar-refractivity contribution < 1.29 is 18.3 Å². The molecule has 0 aromatic heterocycles. The summed E-state index contributed by atoms with van der Waals surface area (Å²) in [5.74, 6) is -0.568. The maximum absolute atomic E-state index is 12.3. The first-order chi connectivity index (χ1) is 9.08. The van der Waals surface area contributed by atoms with Crippen molar-refractivity contribution in [2.45, 2.75) is 6.61 Å². The topological polar surface area (TPSA) is 26.3 Å². The van der Waals surface area contributed by atoms with Crippen LogP contribution in [0.1, 0.15) is 15.9 Å². The van der Waals surface area contributed by atoms with Crippen molar-refractivity contribution >= 4 is 17.4 Å². The lowest BCUT2D eigenvalue weighted by atomic mass is 10.0. The Hall–Kier alpha value is -1.94. The third-order valence-electron chi connectivity index (χ3n) is 2.43. The summed E-state index contributed by atoms with van der Waals surface area (Å²) in [6.45, 7) is -2.98. The number of halogens is 3. The van der Waals surface area contributed by atoms with Crippen molar-refractivity contribution in [3.05, 3.63) is 64.7 Å². The number of ketones is 1. The largest absolute Gasteiger partial charge is 0.434 e. The molecule has 0 spiro atoms. The van der Waals surface area contributed by atoms with Gasteiger partial charge < -0.3 is 4.74 Å². The van der Waals surface area contributed by atoms with Gasteiger partial charge in [-0.2, -0.15) is 8.78 Å². The Morgan fingerprint density at radius 2 is 1.84 bits per heavy atom. The zero-order valence-corrected chi connectivity index (χ0v) is 10.4. The maximum atomic E-state index is 12.3. The van der Waals surface area contributed by atoms with Gasteiger partial charge >= 0.3 is 6.61 Å². The summed E-state index contributed by atoms with van der Waals surface area (Å²) in [5.41, 5.74) is 0.392. The molecule has 0 radical (unpaired) electrons. The predicted molar refractivity (Wildman–Crippen MR) is 68.0 cm³/mol. The molecule has 0 aliphatic rings. The van der Waals surface area contributed by atoms with Crippen molar-refractivity contribution in [3.8, 4) is 5.75 Å². The van der Waals surface area contributed by atoms with Crippen LogP contribution in [0, 0.1) is 0 Å². The van der Waals surface area contributed by atoms with Crippen LogP contribution in [-0.4, -0.2) is 12.4 Å². The van der Waals surface area contributed by atoms with Crippen LogP contribution in [0.15, 0.2) is 48.5 Å². The smallest absolute Gasteiger partial charge is 0.387 e. The average Bonchev–Trinajstić information content (AvgIpc) is 2.38. The van der Waals surface area contributed by atoms with E-state index in [1.807, 2.05) is 0 Å². The molecule has 0 saturated carbocycles. The van der Waals surface area contributed by atoms with Crippen LogP contribution in [0.2, 0.25) is 5.02 Å². The van der Waals surface area contributed by atoms with Crippen LogP contribution in [0.5, 0.6) is 5.75 Å². The maximum Gasteiger partial charge on any atom is 0.387 e. The van der Waals surface area contributed by atoms with E-state index in [0.29, 0.717) is 10.6 Å². The van der Waals surface area contributed by atoms with Gasteiger partial charge in [0, 0.05) is 10.6 Å². The minimum Gasteiger partial charge on any atom is -0.434 e. The van der Waals surface area contributed by atoms with Crippen molar-refractivity contribution in [2.75, 3.05) is 0 Å². The summed E-state index contributed by atoms with van der Waals surface area (Å²) in [7, 11) is 0. The minimum absolute atomic E-state index is 0.0741. The molecule has 0 N–H and O–H groups in total. The molecule has 2 nitrogen and oxygen atoms in total. The van der Waals surface area contributed by atoms with Crippen LogP contribution in [0.4, 0.5) is 8.78 Å². The van der Waals surface area contributed by atoms with E-state index in [2.05, 4.69) is 4.74 Å². The van der Waals surface area contributed by atoms with Crippen LogP contribution in [0.25, 0.3) is 0 Å². The molecule has 0 fully saturated rings. The number of ether oxygens (including phenoxy) is 1. The summed E-state index contributed by atoms with van der Waals surface area (Å²) in [5, 5.41) is 0.401. The monoisotopic (exact) mass is 282 g/mol. The van der Waals surface area contributed by atoms with Crippen molar-refractivity contribution in [1.82, 2.24) is 0 Å². The first-order valence-electron chi connectivity index (χ1n) is 5.42. The van der Waals surface area contributed by atoms with Crippen molar-refractivity contribution in [3.63, 3.8) is 0 Å². The molecular formula is C14H9ClF2O2. The highest BCUT2D eigenvalue weighted by Crippen LogP contribution is 2.24. The van der Waals surface area contributed by atoms with Gasteiger partial charge in [0.05, 0.1) is 5.56 Å². The fourth-order valence-electron chi connectivity index (χ4n) is 1.64. The second-order valence-corrected chi connectivity index (χ2v) is 4.15. The lowest BCUT2D eigenvalue weighted by molar-refractivity contribution is -0.0501. The SMILES string of the molecule is O=C(c1cccc(Cl)c1)c1ccccc1OC(F)F. The van der Waals surface area contributed by atoms with Gasteiger partial charge in [-0.25, -0.2) is 0 Å². The molecule has 0 aliphatic carbocycles. The normalized spacial score (nSPS) is 10.5. The second-order valence-electron chi connectivity index (χ2n) is 3.71. The Morgan fingerprint density at radius 1 is 1.11 bits per heavy atom. The van der Waals surface area contributed by atoms with Gasteiger partial charge in [-0.05, 0) is 24.3 Å². The van der Waals surface area contributed by atoms with Gasteiger partial charge in [0.25, 0.3) is 0 Å². The Morgan fingerprint density at radius 3 is 2.53 bits per heavy atom. The highest BCUT2D eigenvalue weighted by molar-refractivity contribution is 6.31. The number of alkyl halides is 2. The number of hydrogen-bond acceptors (Lipinski definition) is 2. The molecule has 2 aromatic rings. The Balaban J connectivity index is 2.39. The fraction of sp³-hybridized carbons (Fsp3) is 0.0714. The lowest BCUT2D eigenvalue weighted by Crippen LogP contribution is -2.08. The molecule has 0 heterocycles. The molecule has 0 atom stereocenters. The third kappa shape index (κ3) is 3.29. The second kappa shape index (κ2) is 5.80. The molecule has 0 amide bonds. The van der Waals surface area contributed by atoms with Gasteiger partial charge in [-0.3, -0.25) is 4.79 Å². The van der Waals surface area contributed by atoms with E-state index in [4.69, 9.17) is 11.6 Å². The van der Waals surface area contributed by atoms with E-state index in [-0.39, 0.29) is 11.3 Å². The summed E-state index contributed by atoms with van der Waals surface area (Å²) in [6.07, 6.45) is 0. The molecule has 0 aliphatic heterocycles. The predicted octanol–water partition coefficient (Wildman–Crippen LogP) is 4.17. The van der Waals surface area contributed by atoms with E-state index >= 15 is 0 Å². The van der Waals surface area contributed by atoms with Gasteiger partial charge in [0.2, 0.25) is 0 Å². The average molecular weight is 283 g/mol. The highest BCUT2D eigenvalue weighted by Gasteiger charge is 2.16. The zero-order chi connectivity index (χ0) is 13.8. The van der Waals surface area contributed by atoms with Crippen molar-refractivity contribution in [1.29, 1.82) is 0 Å². The standard InChI is InChI=1S/C14H9ClF2O2/c15-10-5-3-4-9(8-10)13(18)11-6-1-2-7-12(11)19-14(16)17/h1-8,14H. The quantitative estimate of drug-likeness (QED) is 0.787. The van der Waals surface area contributed by atoms with Crippen LogP contribution in [-0.2, 0) is 0 Å². The molecule has 2 aromatic carbocycles. The molecule has 0 saturated heterocycles. The first kappa shape index (κ1) is 13.5. The molecule has 19 heavy (non-hydrogen) atoms. The highest BCUT2D eigenvalue weighted by atomic mass is 35.5. The summed E-state index contributed by atoms with van der Waals surface area (Å²) in [4.78, 5) is 12.2. The fourth-order valence-corrected chi connectivity index (χ4v) is 1.83. The molecule has 2 rings (SSSR count). The van der Waals surface area contributed by atoms with E-state index in [0.717, 1.165) is 0 Å². The number of para-hydroxylation sites is 1. The number of hydrogen-bond donors (Lipinski definition) is 0. The Labute approximate surface area is 113 Å². The van der Waals surface area contributed by atoms with E-state index in [9.17, 15) is 13.6 Å². The van der Waals surface area contributed by atoms with E-state index < -0.39 is 12.4 Å². The summed E-state index contributed by atoms with van der Waals surface area (Å²) in [6, 6.07) is 12.1. The number of benzene rings is 2. The number of carbonyl (C=O) groups is 1. The minimum atomic E-state index is -2.98. The van der Waals surface area contributed by atoms with E-state index in [1.165, 1.54) is 24.3 Å². The summed E-state index contributed by atoms with van der Waals surface area (Å²) >= 11 is 5.80. The number of carbonyl (C=O) groups excluding carboxylic acids is 1. The van der Waals surface area contributed by atoms with Crippen molar-refractivity contribution in [2.24, 2.45) is 0 Å². The van der Waals surface area contributed by atoms with Gasteiger partial charge in [-0.15, -0.1) is 0 Å². The third-order valence-corrected chi connectivity index (χ3v) is 2.67. The van der Waals surface area contributed by atoms with E-state index in [1.54, 1.807) is 24.3 Å². The molecule has 0 unspecified atom stereocenters. The lowest BCUT2D eigenvalue weighted by Gasteiger charge is -2.09. The van der Waals surface area contributed by atoms with Gasteiger partial charge in [0.1, 0.15) is 5.75 Å². The van der Waals surface area contributed by atoms with Crippen LogP contribution < -0.4 is 4.74 Å². The Bertz CT molecular complexity index is 600. The molecule has 98 valence electrons. The Kier molecular flexibility index (Phi) is 4.12. The molecule has 0 bridgehead atoms. The molecule has 5 heteroatoms. The number of rotatable bonds is 4. The van der Waals surface area contributed by atoms with Gasteiger partial charge in [0.15, 0.2) is 5.78 Å². The van der Waals surface area contributed by atoms with Crippen LogP contribution in [0.3, 0.4) is 0 Å². The first-order valence-corrected chi connectivity index (χ1v) is 5.80.